The van der Waals surface area contributed by atoms with Crippen LogP contribution in [0.5, 0.6) is 0 Å². The van der Waals surface area contributed by atoms with Crippen molar-refractivity contribution >= 4 is 42.8 Å². The van der Waals surface area contributed by atoms with Crippen molar-refractivity contribution in [3.05, 3.63) is 50.4 Å². The predicted molar refractivity (Wildman–Crippen MR) is 84.3 cm³/mol. The van der Waals surface area contributed by atoms with Crippen molar-refractivity contribution in [3.8, 4) is 11.3 Å². The molecule has 3 aromatic rings. The second-order valence-corrected chi connectivity index (χ2v) is 6.30. The highest BCUT2D eigenvalue weighted by Crippen LogP contribution is 2.33. The monoisotopic (exact) mass is 379 g/mol. The van der Waals surface area contributed by atoms with Crippen molar-refractivity contribution in [1.29, 1.82) is 0 Å². The zero-order valence-corrected chi connectivity index (χ0v) is 13.7. The van der Waals surface area contributed by atoms with Crippen LogP contribution < -0.4 is 0 Å². The Labute approximate surface area is 128 Å². The van der Waals surface area contributed by atoms with E-state index in [0.29, 0.717) is 0 Å². The molecule has 96 valence electrons. The van der Waals surface area contributed by atoms with Gasteiger partial charge in [-0.15, -0.1) is 0 Å². The number of nitrogens with zero attached hydrogens (tertiary/aromatic N) is 1. The maximum Gasteiger partial charge on any atom is 0.174 e. The third-order valence-corrected chi connectivity index (χ3v) is 4.92. The standard InChI is InChI=1S/C15H11Br2NO/c1-8-5-10(3-4-12(8)16)15-11-6-9(2)13(17)7-14(11)18-19-15/h3-7H,1-2H3. The van der Waals surface area contributed by atoms with Crippen LogP contribution in [0.3, 0.4) is 0 Å². The molecule has 0 fully saturated rings. The molecule has 0 bridgehead atoms. The molecule has 0 aliphatic rings. The summed E-state index contributed by atoms with van der Waals surface area (Å²) in [5, 5.41) is 5.18. The number of aromatic nitrogens is 1. The van der Waals surface area contributed by atoms with Gasteiger partial charge in [0, 0.05) is 14.5 Å². The highest BCUT2D eigenvalue weighted by atomic mass is 79.9. The molecule has 0 unspecified atom stereocenters. The summed E-state index contributed by atoms with van der Waals surface area (Å²) in [5.74, 6) is 0.821. The quantitative estimate of drug-likeness (QED) is 0.546. The summed E-state index contributed by atoms with van der Waals surface area (Å²) in [6.45, 7) is 4.13. The van der Waals surface area contributed by atoms with E-state index in [2.05, 4.69) is 63.0 Å². The second kappa shape index (κ2) is 4.76. The Morgan fingerprint density at radius 3 is 2.42 bits per heavy atom. The fourth-order valence-corrected chi connectivity index (χ4v) is 2.64. The molecule has 0 atom stereocenters. The zero-order chi connectivity index (χ0) is 13.6. The Hall–Kier alpha value is -1.13. The highest BCUT2D eigenvalue weighted by Gasteiger charge is 2.13. The fraction of sp³-hybridized carbons (Fsp3) is 0.133. The minimum atomic E-state index is 0.821. The number of aryl methyl sites for hydroxylation is 2. The average Bonchev–Trinajstić information content (AvgIpc) is 2.76. The Morgan fingerprint density at radius 1 is 0.947 bits per heavy atom. The first kappa shape index (κ1) is 12.9. The largest absolute Gasteiger partial charge is 0.355 e. The lowest BCUT2D eigenvalue weighted by atomic mass is 10.1. The molecule has 2 nitrogen and oxygen atoms in total. The van der Waals surface area contributed by atoms with Crippen LogP contribution in [0, 0.1) is 13.8 Å². The van der Waals surface area contributed by atoms with Crippen molar-refractivity contribution in [1.82, 2.24) is 5.16 Å². The highest BCUT2D eigenvalue weighted by molar-refractivity contribution is 9.10. The van der Waals surface area contributed by atoms with Crippen molar-refractivity contribution in [2.24, 2.45) is 0 Å². The Balaban J connectivity index is 2.25. The van der Waals surface area contributed by atoms with Crippen molar-refractivity contribution < 1.29 is 4.52 Å². The third kappa shape index (κ3) is 2.23. The van der Waals surface area contributed by atoms with Gasteiger partial charge in [0.15, 0.2) is 5.76 Å². The number of hydrogen-bond donors (Lipinski definition) is 0. The minimum absolute atomic E-state index is 0.821. The van der Waals surface area contributed by atoms with E-state index in [0.717, 1.165) is 31.2 Å². The molecule has 3 rings (SSSR count). The van der Waals surface area contributed by atoms with Crippen molar-refractivity contribution in [3.63, 3.8) is 0 Å². The third-order valence-electron chi connectivity index (χ3n) is 3.18. The van der Waals surface area contributed by atoms with Crippen LogP contribution in [0.2, 0.25) is 0 Å². The molecule has 0 aliphatic carbocycles. The van der Waals surface area contributed by atoms with Crippen LogP contribution in [-0.2, 0) is 0 Å². The maximum atomic E-state index is 5.52. The van der Waals surface area contributed by atoms with Gasteiger partial charge in [0.05, 0.1) is 5.39 Å². The van der Waals surface area contributed by atoms with Gasteiger partial charge < -0.3 is 4.52 Å². The molecule has 19 heavy (non-hydrogen) atoms. The van der Waals surface area contributed by atoms with E-state index in [9.17, 15) is 0 Å². The van der Waals surface area contributed by atoms with Crippen LogP contribution in [0.1, 0.15) is 11.1 Å². The predicted octanol–water partition coefficient (Wildman–Crippen LogP) is 5.64. The molecule has 0 spiro atoms. The molecule has 1 heterocycles. The Kier molecular flexibility index (Phi) is 3.23. The summed E-state index contributed by atoms with van der Waals surface area (Å²) < 4.78 is 7.66. The number of hydrogen-bond acceptors (Lipinski definition) is 2. The van der Waals surface area contributed by atoms with Crippen LogP contribution in [-0.4, -0.2) is 5.16 Å². The number of rotatable bonds is 1. The number of halogens is 2. The molecule has 0 amide bonds. The lowest BCUT2D eigenvalue weighted by Gasteiger charge is -2.02. The van der Waals surface area contributed by atoms with Gasteiger partial charge in [-0.05, 0) is 55.3 Å². The average molecular weight is 381 g/mol. The van der Waals surface area contributed by atoms with Gasteiger partial charge in [-0.3, -0.25) is 0 Å². The molecule has 0 radical (unpaired) electrons. The lowest BCUT2D eigenvalue weighted by Crippen LogP contribution is -1.81. The molecule has 0 saturated heterocycles. The zero-order valence-electron chi connectivity index (χ0n) is 10.5. The SMILES string of the molecule is Cc1cc(-c2onc3cc(Br)c(C)cc23)ccc1Br. The summed E-state index contributed by atoms with van der Waals surface area (Å²) in [7, 11) is 0. The van der Waals surface area contributed by atoms with E-state index >= 15 is 0 Å². The maximum absolute atomic E-state index is 5.52. The molecule has 2 aromatic carbocycles. The first-order valence-electron chi connectivity index (χ1n) is 5.88. The first-order chi connectivity index (χ1) is 9.06. The van der Waals surface area contributed by atoms with E-state index in [1.165, 1.54) is 11.1 Å². The van der Waals surface area contributed by atoms with Crippen molar-refractivity contribution in [2.75, 3.05) is 0 Å². The van der Waals surface area contributed by atoms with Gasteiger partial charge in [-0.1, -0.05) is 37.0 Å². The molecule has 0 saturated carbocycles. The topological polar surface area (TPSA) is 26.0 Å². The normalized spacial score (nSPS) is 11.2. The second-order valence-electron chi connectivity index (χ2n) is 4.59. The summed E-state index contributed by atoms with van der Waals surface area (Å²) >= 11 is 7.03. The first-order valence-corrected chi connectivity index (χ1v) is 7.47. The van der Waals surface area contributed by atoms with Gasteiger partial charge in [-0.2, -0.15) is 0 Å². The van der Waals surface area contributed by atoms with Crippen LogP contribution in [0.15, 0.2) is 43.8 Å². The fourth-order valence-electron chi connectivity index (χ4n) is 2.07. The molecule has 4 heteroatoms. The van der Waals surface area contributed by atoms with Gasteiger partial charge in [0.1, 0.15) is 5.52 Å². The van der Waals surface area contributed by atoms with Gasteiger partial charge >= 0.3 is 0 Å². The van der Waals surface area contributed by atoms with Gasteiger partial charge in [0.2, 0.25) is 0 Å². The van der Waals surface area contributed by atoms with Crippen LogP contribution >= 0.6 is 31.9 Å². The molecule has 0 N–H and O–H groups in total. The van der Waals surface area contributed by atoms with Crippen LogP contribution in [0.4, 0.5) is 0 Å². The Bertz CT molecular complexity index is 777. The molecular formula is C15H11Br2NO. The molecular weight excluding hydrogens is 370 g/mol. The van der Waals surface area contributed by atoms with E-state index in [-0.39, 0.29) is 0 Å². The Morgan fingerprint density at radius 2 is 1.68 bits per heavy atom. The van der Waals surface area contributed by atoms with E-state index in [4.69, 9.17) is 4.52 Å². The lowest BCUT2D eigenvalue weighted by molar-refractivity contribution is 0.441. The van der Waals surface area contributed by atoms with Crippen LogP contribution in [0.25, 0.3) is 22.2 Å². The van der Waals surface area contributed by atoms with E-state index in [1.807, 2.05) is 18.2 Å². The summed E-state index contributed by atoms with van der Waals surface area (Å²) in [5.41, 5.74) is 4.26. The summed E-state index contributed by atoms with van der Waals surface area (Å²) in [6, 6.07) is 10.3. The summed E-state index contributed by atoms with van der Waals surface area (Å²) in [6.07, 6.45) is 0. The van der Waals surface area contributed by atoms with Crippen molar-refractivity contribution in [2.45, 2.75) is 13.8 Å². The summed E-state index contributed by atoms with van der Waals surface area (Å²) in [4.78, 5) is 0. The molecule has 1 aromatic heterocycles. The van der Waals surface area contributed by atoms with Gasteiger partial charge in [0.25, 0.3) is 0 Å². The van der Waals surface area contributed by atoms with Gasteiger partial charge in [-0.25, -0.2) is 0 Å². The number of benzene rings is 2. The molecule has 0 aliphatic heterocycles. The minimum Gasteiger partial charge on any atom is -0.355 e. The smallest absolute Gasteiger partial charge is 0.174 e. The number of fused-ring (bicyclic) bond motifs is 1. The van der Waals surface area contributed by atoms with E-state index in [1.54, 1.807) is 0 Å². The van der Waals surface area contributed by atoms with E-state index < -0.39 is 0 Å².